The number of rotatable bonds is 3. The molecule has 8 bridgehead atoms. The molecule has 56 heavy (non-hydrogen) atoms. The van der Waals surface area contributed by atoms with Crippen LogP contribution in [-0.2, 0) is 0 Å². The summed E-state index contributed by atoms with van der Waals surface area (Å²) in [5, 5.41) is -1.82. The highest BCUT2D eigenvalue weighted by Crippen LogP contribution is 2.37. The van der Waals surface area contributed by atoms with E-state index in [4.69, 9.17) is 0 Å². The van der Waals surface area contributed by atoms with Crippen molar-refractivity contribution < 1.29 is 65.9 Å². The third kappa shape index (κ3) is 5.12. The van der Waals surface area contributed by atoms with Gasteiger partial charge in [0.15, 0.2) is 69.8 Å². The SMILES string of the molecule is Fc1c(F)c(F)c(C2=c3ccc([nH]3)=C(c3c(F)c(F)c(F)c(F)c3F)C3=NC(=c4ccc([nH]4)=C(c4c(F)c(F)c(F)c(F)c4F)C4=NC=C2C4)C=C3)c(F)c1F. The van der Waals surface area contributed by atoms with Gasteiger partial charge in [-0.3, -0.25) is 4.99 Å². The fourth-order valence-electron chi connectivity index (χ4n) is 6.54. The largest absolute Gasteiger partial charge is 0.354 e. The molecular weight excluding hydrogens is 785 g/mol. The molecular formula is C37H11F15N4. The molecule has 0 fully saturated rings. The molecule has 4 nitrogen and oxygen atoms in total. The van der Waals surface area contributed by atoms with E-state index in [1.165, 1.54) is 0 Å². The molecule has 19 heteroatoms. The Kier molecular flexibility index (Phi) is 8.31. The molecule has 284 valence electrons. The lowest BCUT2D eigenvalue weighted by molar-refractivity contribution is 0.376. The fourth-order valence-corrected chi connectivity index (χ4v) is 6.54. The predicted octanol–water partition coefficient (Wildman–Crippen LogP) is 6.59. The maximum atomic E-state index is 15.6. The number of benzene rings is 3. The van der Waals surface area contributed by atoms with Crippen molar-refractivity contribution in [2.24, 2.45) is 9.98 Å². The average Bonchev–Trinajstić information content (AvgIpc) is 4.03. The minimum Gasteiger partial charge on any atom is -0.354 e. The van der Waals surface area contributed by atoms with E-state index in [0.717, 1.165) is 36.4 Å². The van der Waals surface area contributed by atoms with Gasteiger partial charge in [-0.25, -0.2) is 70.8 Å². The van der Waals surface area contributed by atoms with Crippen LogP contribution in [0.25, 0.3) is 22.4 Å². The van der Waals surface area contributed by atoms with Crippen LogP contribution in [0.4, 0.5) is 65.9 Å². The quantitative estimate of drug-likeness (QED) is 0.118. The number of aromatic amines is 2. The smallest absolute Gasteiger partial charge is 0.200 e. The van der Waals surface area contributed by atoms with E-state index in [0.29, 0.717) is 6.20 Å². The molecule has 3 aliphatic rings. The van der Waals surface area contributed by atoms with E-state index < -0.39 is 160 Å². The van der Waals surface area contributed by atoms with Gasteiger partial charge in [0, 0.05) is 45.4 Å². The molecule has 0 spiro atoms. The number of H-pyrrole nitrogens is 2. The third-order valence-corrected chi connectivity index (χ3v) is 9.08. The standard InChI is InChI=1S/C37H11F15N4/c38-23-20(24(39)30(45)35(50)29(23)44)17-9-7-16(53-8-9)19(22-27(42)33(48)37(52)34(49)28(22)43)15-4-2-11(55-15)10-1-3-13(54-10)18(14-6-5-12(17)56-14)21-25(40)31(46)36(51)32(47)26(21)41/h1-6,8,55-56H,7H2. The highest BCUT2D eigenvalue weighted by molar-refractivity contribution is 6.31. The Morgan fingerprint density at radius 1 is 0.393 bits per heavy atom. The molecule has 5 aromatic rings. The van der Waals surface area contributed by atoms with Crippen LogP contribution in [-0.4, -0.2) is 21.4 Å². The first-order valence-corrected chi connectivity index (χ1v) is 15.5. The minimum absolute atomic E-state index is 0.119. The Hall–Kier alpha value is -6.53. The number of nitrogens with zero attached hydrogens (tertiary/aromatic N) is 2. The van der Waals surface area contributed by atoms with Crippen LogP contribution in [0.3, 0.4) is 0 Å². The van der Waals surface area contributed by atoms with Crippen LogP contribution < -0.4 is 21.4 Å². The zero-order chi connectivity index (χ0) is 40.2. The van der Waals surface area contributed by atoms with Gasteiger partial charge in [0.25, 0.3) is 0 Å². The first-order valence-electron chi connectivity index (χ1n) is 15.5. The Morgan fingerprint density at radius 2 is 0.750 bits per heavy atom. The van der Waals surface area contributed by atoms with Gasteiger partial charge in [-0.1, -0.05) is 0 Å². The van der Waals surface area contributed by atoms with Crippen LogP contribution in [0.1, 0.15) is 23.1 Å². The predicted molar refractivity (Wildman–Crippen MR) is 166 cm³/mol. The lowest BCUT2D eigenvalue weighted by Gasteiger charge is -2.15. The van der Waals surface area contributed by atoms with E-state index in [1.807, 2.05) is 0 Å². The summed E-state index contributed by atoms with van der Waals surface area (Å²) in [7, 11) is 0. The first kappa shape index (κ1) is 36.4. The zero-order valence-electron chi connectivity index (χ0n) is 26.8. The van der Waals surface area contributed by atoms with Crippen LogP contribution in [0, 0.1) is 87.3 Å². The lowest BCUT2D eigenvalue weighted by Crippen LogP contribution is -2.23. The summed E-state index contributed by atoms with van der Waals surface area (Å²) in [6.45, 7) is 0. The normalized spacial score (nSPS) is 15.1. The molecule has 0 radical (unpaired) electrons. The molecule has 5 heterocycles. The zero-order valence-corrected chi connectivity index (χ0v) is 26.8. The van der Waals surface area contributed by atoms with Crippen molar-refractivity contribution in [1.82, 2.24) is 9.97 Å². The van der Waals surface area contributed by atoms with Gasteiger partial charge >= 0.3 is 0 Å². The van der Waals surface area contributed by atoms with Crippen molar-refractivity contribution in [2.75, 3.05) is 0 Å². The van der Waals surface area contributed by atoms with Gasteiger partial charge in [-0.15, -0.1) is 0 Å². The highest BCUT2D eigenvalue weighted by Gasteiger charge is 2.35. The van der Waals surface area contributed by atoms with E-state index in [1.54, 1.807) is 0 Å². The molecule has 8 rings (SSSR count). The summed E-state index contributed by atoms with van der Waals surface area (Å²) in [5.74, 6) is -36.4. The number of fused-ring (bicyclic) bond motifs is 7. The first-order chi connectivity index (χ1) is 26.5. The van der Waals surface area contributed by atoms with Crippen molar-refractivity contribution in [1.29, 1.82) is 0 Å². The van der Waals surface area contributed by atoms with Gasteiger partial charge in [-0.2, -0.15) is 0 Å². The highest BCUT2D eigenvalue weighted by atomic mass is 19.2. The van der Waals surface area contributed by atoms with E-state index in [2.05, 4.69) is 20.0 Å². The monoisotopic (exact) mass is 796 g/mol. The Balaban J connectivity index is 1.56. The molecule has 0 amide bonds. The fraction of sp³-hybridized carbons (Fsp3) is 0.0270. The molecule has 2 N–H and O–H groups in total. The summed E-state index contributed by atoms with van der Waals surface area (Å²) >= 11 is 0. The number of aliphatic imine (C=N–C) groups is 2. The third-order valence-electron chi connectivity index (χ3n) is 9.08. The number of hydrogen-bond acceptors (Lipinski definition) is 2. The van der Waals surface area contributed by atoms with Crippen LogP contribution in [0.5, 0.6) is 0 Å². The van der Waals surface area contributed by atoms with Gasteiger partial charge in [0.1, 0.15) is 0 Å². The van der Waals surface area contributed by atoms with Gasteiger partial charge in [0.2, 0.25) is 17.5 Å². The Morgan fingerprint density at radius 3 is 1.23 bits per heavy atom. The number of allylic oxidation sites excluding steroid dienone is 2. The molecule has 2 aromatic heterocycles. The summed E-state index contributed by atoms with van der Waals surface area (Å²) in [5.41, 5.74) is -9.31. The second kappa shape index (κ2) is 12.8. The summed E-state index contributed by atoms with van der Waals surface area (Å²) < 4.78 is 223. The van der Waals surface area contributed by atoms with Crippen molar-refractivity contribution in [3.05, 3.63) is 174 Å². The maximum Gasteiger partial charge on any atom is 0.200 e. The maximum absolute atomic E-state index is 15.6. The minimum atomic E-state index is -2.59. The molecule has 0 atom stereocenters. The van der Waals surface area contributed by atoms with Crippen molar-refractivity contribution in [3.63, 3.8) is 0 Å². The van der Waals surface area contributed by atoms with Gasteiger partial charge < -0.3 is 9.97 Å². The van der Waals surface area contributed by atoms with E-state index in [9.17, 15) is 39.5 Å². The number of nitrogens with one attached hydrogen (secondary N) is 2. The van der Waals surface area contributed by atoms with E-state index in [-0.39, 0.29) is 11.0 Å². The summed E-state index contributed by atoms with van der Waals surface area (Å²) in [6, 6.07) is 3.93. The van der Waals surface area contributed by atoms with Crippen molar-refractivity contribution in [2.45, 2.75) is 6.42 Å². The second-order valence-corrected chi connectivity index (χ2v) is 12.2. The summed E-state index contributed by atoms with van der Waals surface area (Å²) in [6.07, 6.45) is 1.96. The van der Waals surface area contributed by atoms with Gasteiger partial charge in [-0.05, 0) is 42.0 Å². The van der Waals surface area contributed by atoms with Crippen LogP contribution in [0.2, 0.25) is 0 Å². The molecule has 0 unspecified atom stereocenters. The Labute approximate surface area is 299 Å². The molecule has 3 aromatic carbocycles. The molecule has 0 saturated heterocycles. The lowest BCUT2D eigenvalue weighted by atomic mass is 9.90. The van der Waals surface area contributed by atoms with Crippen LogP contribution >= 0.6 is 0 Å². The second-order valence-electron chi connectivity index (χ2n) is 12.2. The molecule has 0 aliphatic carbocycles. The van der Waals surface area contributed by atoms with Crippen LogP contribution in [0.15, 0.2) is 58.2 Å². The van der Waals surface area contributed by atoms with E-state index >= 15 is 26.3 Å². The number of aromatic nitrogens is 2. The number of hydrogen-bond donors (Lipinski definition) is 2. The summed E-state index contributed by atoms with van der Waals surface area (Å²) in [4.78, 5) is 13.2. The molecule has 3 aliphatic heterocycles. The topological polar surface area (TPSA) is 56.3 Å². The number of halogens is 15. The molecule has 0 saturated carbocycles. The van der Waals surface area contributed by atoms with Crippen molar-refractivity contribution >= 4 is 33.8 Å². The average molecular weight is 796 g/mol. The Bertz CT molecular complexity index is 2970. The van der Waals surface area contributed by atoms with Gasteiger partial charge in [0.05, 0.1) is 39.2 Å². The van der Waals surface area contributed by atoms with Crippen molar-refractivity contribution in [3.8, 4) is 0 Å².